The summed E-state index contributed by atoms with van der Waals surface area (Å²) in [5.41, 5.74) is 0. The Balaban J connectivity index is 1.50. The van der Waals surface area contributed by atoms with E-state index in [2.05, 4.69) is 19.9 Å². The minimum absolute atomic E-state index is 0.511. The fourth-order valence-electron chi connectivity index (χ4n) is 2.23. The molecule has 6 nitrogen and oxygen atoms in total. The molecule has 0 bridgehead atoms. The molecule has 0 spiro atoms. The van der Waals surface area contributed by atoms with Gasteiger partial charge in [-0.25, -0.2) is 4.98 Å². The van der Waals surface area contributed by atoms with Gasteiger partial charge in [-0.1, -0.05) is 0 Å². The van der Waals surface area contributed by atoms with Crippen molar-refractivity contribution in [3.05, 3.63) is 36.8 Å². The normalized spacial score (nSPS) is 14.7. The molecule has 21 heavy (non-hydrogen) atoms. The van der Waals surface area contributed by atoms with Crippen LogP contribution in [0.25, 0.3) is 0 Å². The maximum atomic E-state index is 5.72. The van der Waals surface area contributed by atoms with E-state index in [0.29, 0.717) is 12.5 Å². The van der Waals surface area contributed by atoms with E-state index >= 15 is 0 Å². The van der Waals surface area contributed by atoms with Crippen LogP contribution in [0.5, 0.6) is 5.75 Å². The van der Waals surface area contributed by atoms with Crippen molar-refractivity contribution >= 4 is 11.8 Å². The van der Waals surface area contributed by atoms with Crippen LogP contribution in [0, 0.1) is 5.92 Å². The van der Waals surface area contributed by atoms with Crippen molar-refractivity contribution in [3.63, 3.8) is 0 Å². The van der Waals surface area contributed by atoms with Crippen molar-refractivity contribution in [2.75, 3.05) is 43.6 Å². The Bertz CT molecular complexity index is 584. The summed E-state index contributed by atoms with van der Waals surface area (Å²) in [5, 5.41) is 0. The van der Waals surface area contributed by atoms with Crippen molar-refractivity contribution in [2.45, 2.75) is 0 Å². The quantitative estimate of drug-likeness (QED) is 0.829. The highest BCUT2D eigenvalue weighted by molar-refractivity contribution is 5.43. The predicted molar refractivity (Wildman–Crippen MR) is 81.8 cm³/mol. The summed E-state index contributed by atoms with van der Waals surface area (Å²) in [7, 11) is 3.96. The highest BCUT2D eigenvalue weighted by Crippen LogP contribution is 2.23. The Labute approximate surface area is 124 Å². The molecule has 110 valence electrons. The molecule has 2 aromatic rings. The lowest BCUT2D eigenvalue weighted by molar-refractivity contribution is 0.219. The Morgan fingerprint density at radius 2 is 2.14 bits per heavy atom. The van der Waals surface area contributed by atoms with E-state index in [-0.39, 0.29) is 0 Å². The van der Waals surface area contributed by atoms with Gasteiger partial charge in [-0.2, -0.15) is 4.98 Å². The number of rotatable bonds is 5. The molecule has 0 atom stereocenters. The molecule has 1 fully saturated rings. The molecule has 1 aliphatic rings. The van der Waals surface area contributed by atoms with Crippen LogP contribution in [-0.4, -0.2) is 48.7 Å². The average molecular weight is 285 g/mol. The van der Waals surface area contributed by atoms with Crippen LogP contribution in [0.15, 0.2) is 36.8 Å². The van der Waals surface area contributed by atoms with Crippen molar-refractivity contribution < 1.29 is 4.74 Å². The van der Waals surface area contributed by atoms with Gasteiger partial charge in [-0.15, -0.1) is 0 Å². The molecule has 0 radical (unpaired) electrons. The SMILES string of the molecule is CN(C)c1ccnc(N2CC(COc3cccnc3)C2)n1. The van der Waals surface area contributed by atoms with Crippen LogP contribution >= 0.6 is 0 Å². The van der Waals surface area contributed by atoms with Gasteiger partial charge in [0, 0.05) is 45.5 Å². The third-order valence-corrected chi connectivity index (χ3v) is 3.45. The molecule has 0 aliphatic carbocycles. The highest BCUT2D eigenvalue weighted by Gasteiger charge is 2.29. The average Bonchev–Trinajstić information content (AvgIpc) is 2.47. The van der Waals surface area contributed by atoms with E-state index in [0.717, 1.165) is 30.6 Å². The van der Waals surface area contributed by atoms with Crippen molar-refractivity contribution in [1.82, 2.24) is 15.0 Å². The summed E-state index contributed by atoms with van der Waals surface area (Å²) >= 11 is 0. The molecular weight excluding hydrogens is 266 g/mol. The maximum absolute atomic E-state index is 5.72. The smallest absolute Gasteiger partial charge is 0.227 e. The molecular formula is C15H19N5O. The second-order valence-electron chi connectivity index (χ2n) is 5.38. The van der Waals surface area contributed by atoms with E-state index in [1.807, 2.05) is 37.2 Å². The van der Waals surface area contributed by atoms with Gasteiger partial charge in [0.05, 0.1) is 12.8 Å². The van der Waals surface area contributed by atoms with Gasteiger partial charge in [-0.05, 0) is 18.2 Å². The van der Waals surface area contributed by atoms with E-state index in [1.165, 1.54) is 0 Å². The van der Waals surface area contributed by atoms with Crippen molar-refractivity contribution in [2.24, 2.45) is 5.92 Å². The number of hydrogen-bond donors (Lipinski definition) is 0. The van der Waals surface area contributed by atoms with E-state index in [1.54, 1.807) is 18.6 Å². The highest BCUT2D eigenvalue weighted by atomic mass is 16.5. The Morgan fingerprint density at radius 1 is 1.29 bits per heavy atom. The molecule has 1 aliphatic heterocycles. The zero-order chi connectivity index (χ0) is 14.7. The topological polar surface area (TPSA) is 54.4 Å². The first-order chi connectivity index (χ1) is 10.2. The van der Waals surface area contributed by atoms with Crippen LogP contribution in [-0.2, 0) is 0 Å². The first kappa shape index (κ1) is 13.6. The monoisotopic (exact) mass is 285 g/mol. The van der Waals surface area contributed by atoms with Gasteiger partial charge in [-0.3, -0.25) is 4.98 Å². The minimum atomic E-state index is 0.511. The lowest BCUT2D eigenvalue weighted by Crippen LogP contribution is -2.50. The maximum Gasteiger partial charge on any atom is 0.227 e. The fraction of sp³-hybridized carbons (Fsp3) is 0.400. The number of nitrogens with zero attached hydrogens (tertiary/aromatic N) is 5. The zero-order valence-electron chi connectivity index (χ0n) is 12.3. The van der Waals surface area contributed by atoms with Crippen molar-refractivity contribution in [1.29, 1.82) is 0 Å². The third-order valence-electron chi connectivity index (χ3n) is 3.45. The van der Waals surface area contributed by atoms with Gasteiger partial charge in [0.25, 0.3) is 0 Å². The molecule has 6 heteroatoms. The molecule has 0 N–H and O–H groups in total. The minimum Gasteiger partial charge on any atom is -0.492 e. The summed E-state index contributed by atoms with van der Waals surface area (Å²) in [5.74, 6) is 3.05. The number of hydrogen-bond acceptors (Lipinski definition) is 6. The second-order valence-corrected chi connectivity index (χ2v) is 5.38. The molecule has 0 unspecified atom stereocenters. The fourth-order valence-corrected chi connectivity index (χ4v) is 2.23. The van der Waals surface area contributed by atoms with Gasteiger partial charge < -0.3 is 14.5 Å². The lowest BCUT2D eigenvalue weighted by atomic mass is 10.0. The Morgan fingerprint density at radius 3 is 2.86 bits per heavy atom. The summed E-state index contributed by atoms with van der Waals surface area (Å²) < 4.78 is 5.72. The van der Waals surface area contributed by atoms with Gasteiger partial charge >= 0.3 is 0 Å². The molecule has 3 rings (SSSR count). The van der Waals surface area contributed by atoms with Crippen LogP contribution in [0.2, 0.25) is 0 Å². The second kappa shape index (κ2) is 5.95. The van der Waals surface area contributed by atoms with Gasteiger partial charge in [0.15, 0.2) is 0 Å². The van der Waals surface area contributed by atoms with Crippen molar-refractivity contribution in [3.8, 4) is 5.75 Å². The lowest BCUT2D eigenvalue weighted by Gasteiger charge is -2.39. The summed E-state index contributed by atoms with van der Waals surface area (Å²) in [6, 6.07) is 5.71. The largest absolute Gasteiger partial charge is 0.492 e. The molecule has 0 aromatic carbocycles. The van der Waals surface area contributed by atoms with Gasteiger partial charge in [0.2, 0.25) is 5.95 Å². The summed E-state index contributed by atoms with van der Waals surface area (Å²) in [6.45, 7) is 2.56. The molecule has 0 saturated carbocycles. The summed E-state index contributed by atoms with van der Waals surface area (Å²) in [4.78, 5) is 17.1. The van der Waals surface area contributed by atoms with Crippen LogP contribution in [0.4, 0.5) is 11.8 Å². The third kappa shape index (κ3) is 3.21. The molecule has 3 heterocycles. The van der Waals surface area contributed by atoms with Crippen LogP contribution in [0.3, 0.4) is 0 Å². The number of anilines is 2. The van der Waals surface area contributed by atoms with E-state index < -0.39 is 0 Å². The Hall–Kier alpha value is -2.37. The number of pyridine rings is 1. The van der Waals surface area contributed by atoms with E-state index in [4.69, 9.17) is 4.74 Å². The number of aromatic nitrogens is 3. The van der Waals surface area contributed by atoms with E-state index in [9.17, 15) is 0 Å². The van der Waals surface area contributed by atoms with Gasteiger partial charge in [0.1, 0.15) is 11.6 Å². The molecule has 2 aromatic heterocycles. The molecule has 1 saturated heterocycles. The Kier molecular flexibility index (Phi) is 3.85. The zero-order valence-corrected chi connectivity index (χ0v) is 12.3. The first-order valence-corrected chi connectivity index (χ1v) is 7.00. The number of ether oxygens (including phenoxy) is 1. The predicted octanol–water partition coefficient (Wildman–Crippen LogP) is 1.45. The molecule has 0 amide bonds. The van der Waals surface area contributed by atoms with Crippen LogP contribution in [0.1, 0.15) is 0 Å². The standard InChI is InChI=1S/C15H19N5O/c1-19(2)14-5-7-17-15(18-14)20-9-12(10-20)11-21-13-4-3-6-16-8-13/h3-8,12H,9-11H2,1-2H3. The summed E-state index contributed by atoms with van der Waals surface area (Å²) in [6.07, 6.45) is 5.28. The van der Waals surface area contributed by atoms with Crippen LogP contribution < -0.4 is 14.5 Å². The first-order valence-electron chi connectivity index (χ1n) is 7.00.